The zero-order valence-electron chi connectivity index (χ0n) is 12.0. The molecule has 2 aliphatic heterocycles. The number of piperidine rings is 1. The Morgan fingerprint density at radius 2 is 2.05 bits per heavy atom. The lowest BCUT2D eigenvalue weighted by Crippen LogP contribution is -2.42. The van der Waals surface area contributed by atoms with E-state index in [1.54, 1.807) is 0 Å². The Kier molecular flexibility index (Phi) is 3.15. The van der Waals surface area contributed by atoms with Gasteiger partial charge in [-0.25, -0.2) is 0 Å². The zero-order valence-corrected chi connectivity index (χ0v) is 12.0. The maximum absolute atomic E-state index is 12.7. The van der Waals surface area contributed by atoms with Crippen molar-refractivity contribution in [3.8, 4) is 5.75 Å². The van der Waals surface area contributed by atoms with Crippen LogP contribution in [0.4, 0.5) is 0 Å². The summed E-state index contributed by atoms with van der Waals surface area (Å²) in [6.45, 7) is 2.04. The molecule has 0 spiro atoms. The molecule has 2 atom stereocenters. The molecule has 1 fully saturated rings. The van der Waals surface area contributed by atoms with E-state index >= 15 is 0 Å². The van der Waals surface area contributed by atoms with E-state index in [1.807, 2.05) is 36.4 Å². The van der Waals surface area contributed by atoms with Crippen molar-refractivity contribution in [2.45, 2.75) is 25.4 Å². The van der Waals surface area contributed by atoms with Gasteiger partial charge in [0.25, 0.3) is 0 Å². The minimum Gasteiger partial charge on any atom is -0.489 e. The Labute approximate surface area is 124 Å². The number of carbonyl (C=O) groups excluding carboxylic acids is 1. The average Bonchev–Trinajstić information content (AvgIpc) is 2.55. The Bertz CT molecular complexity index is 689. The molecular weight excluding hydrogens is 262 g/mol. The minimum absolute atomic E-state index is 0.0268. The molecule has 2 aromatic rings. The molecule has 2 aliphatic rings. The number of fused-ring (bicyclic) bond motifs is 3. The summed E-state index contributed by atoms with van der Waals surface area (Å²) in [5.74, 6) is 1.44. The molecule has 0 aromatic heterocycles. The molecular formula is C18H19NO2. The first-order valence-electron chi connectivity index (χ1n) is 7.75. The molecule has 1 saturated heterocycles. The molecule has 1 N–H and O–H groups in total. The van der Waals surface area contributed by atoms with Gasteiger partial charge in [-0.1, -0.05) is 30.3 Å². The van der Waals surface area contributed by atoms with E-state index in [-0.39, 0.29) is 11.9 Å². The van der Waals surface area contributed by atoms with Gasteiger partial charge in [-0.05, 0) is 36.2 Å². The minimum atomic E-state index is 0.0268. The summed E-state index contributed by atoms with van der Waals surface area (Å²) < 4.78 is 6.19. The number of hydrogen-bond donors (Lipinski definition) is 1. The number of ether oxygens (including phenoxy) is 1. The van der Waals surface area contributed by atoms with E-state index in [0.29, 0.717) is 12.3 Å². The highest BCUT2D eigenvalue weighted by Crippen LogP contribution is 2.36. The van der Waals surface area contributed by atoms with Gasteiger partial charge in [0.1, 0.15) is 11.9 Å². The molecule has 0 saturated carbocycles. The summed E-state index contributed by atoms with van der Waals surface area (Å²) in [5.41, 5.74) is 0.771. The van der Waals surface area contributed by atoms with Crippen LogP contribution in [0.2, 0.25) is 0 Å². The topological polar surface area (TPSA) is 38.3 Å². The molecule has 4 rings (SSSR count). The number of Topliss-reactive ketones (excluding diaryl/α,β-unsaturated/α-hetero) is 1. The molecule has 21 heavy (non-hydrogen) atoms. The highest BCUT2D eigenvalue weighted by molar-refractivity contribution is 6.11. The molecule has 108 valence electrons. The third-order valence-corrected chi connectivity index (χ3v) is 4.70. The third kappa shape index (κ3) is 2.22. The van der Waals surface area contributed by atoms with Gasteiger partial charge in [-0.2, -0.15) is 0 Å². The van der Waals surface area contributed by atoms with Crippen LogP contribution in [0, 0.1) is 5.92 Å². The van der Waals surface area contributed by atoms with Crippen LogP contribution in [-0.4, -0.2) is 25.0 Å². The predicted molar refractivity (Wildman–Crippen MR) is 82.9 cm³/mol. The number of ketones is 1. The Morgan fingerprint density at radius 3 is 2.90 bits per heavy atom. The number of carbonyl (C=O) groups is 1. The van der Waals surface area contributed by atoms with Crippen LogP contribution in [-0.2, 0) is 0 Å². The van der Waals surface area contributed by atoms with Crippen LogP contribution >= 0.6 is 0 Å². The number of hydrogen-bond acceptors (Lipinski definition) is 3. The van der Waals surface area contributed by atoms with Crippen LogP contribution in [0.3, 0.4) is 0 Å². The second-order valence-corrected chi connectivity index (χ2v) is 6.05. The maximum atomic E-state index is 12.7. The first kappa shape index (κ1) is 12.8. The van der Waals surface area contributed by atoms with Gasteiger partial charge in [0.05, 0.1) is 5.56 Å². The average molecular weight is 281 g/mol. The molecule has 0 aliphatic carbocycles. The van der Waals surface area contributed by atoms with Gasteiger partial charge in [0.15, 0.2) is 5.78 Å². The van der Waals surface area contributed by atoms with Crippen molar-refractivity contribution in [2.75, 3.05) is 13.1 Å². The van der Waals surface area contributed by atoms with Crippen molar-refractivity contribution >= 4 is 16.6 Å². The summed E-state index contributed by atoms with van der Waals surface area (Å²) in [7, 11) is 0. The first-order valence-corrected chi connectivity index (χ1v) is 7.75. The van der Waals surface area contributed by atoms with E-state index in [2.05, 4.69) is 5.32 Å². The van der Waals surface area contributed by atoms with Crippen LogP contribution in [0.1, 0.15) is 29.6 Å². The van der Waals surface area contributed by atoms with Crippen LogP contribution in [0.5, 0.6) is 5.75 Å². The van der Waals surface area contributed by atoms with Crippen molar-refractivity contribution in [3.05, 3.63) is 42.0 Å². The summed E-state index contributed by atoms with van der Waals surface area (Å²) in [6, 6.07) is 12.0. The third-order valence-electron chi connectivity index (χ3n) is 4.70. The lowest BCUT2D eigenvalue weighted by atomic mass is 9.86. The molecule has 3 heteroatoms. The highest BCUT2D eigenvalue weighted by Gasteiger charge is 2.33. The van der Waals surface area contributed by atoms with Crippen molar-refractivity contribution in [1.29, 1.82) is 0 Å². The molecule has 0 radical (unpaired) electrons. The van der Waals surface area contributed by atoms with E-state index in [0.717, 1.165) is 41.6 Å². The monoisotopic (exact) mass is 281 g/mol. The largest absolute Gasteiger partial charge is 0.489 e. The Hall–Kier alpha value is -1.87. The van der Waals surface area contributed by atoms with Crippen LogP contribution < -0.4 is 10.1 Å². The summed E-state index contributed by atoms with van der Waals surface area (Å²) in [6.07, 6.45) is 2.85. The van der Waals surface area contributed by atoms with Gasteiger partial charge >= 0.3 is 0 Å². The number of benzene rings is 2. The molecule has 0 unspecified atom stereocenters. The van der Waals surface area contributed by atoms with Gasteiger partial charge < -0.3 is 10.1 Å². The first-order chi connectivity index (χ1) is 10.3. The lowest BCUT2D eigenvalue weighted by Gasteiger charge is -2.34. The molecule has 2 heterocycles. The van der Waals surface area contributed by atoms with Gasteiger partial charge in [0, 0.05) is 18.9 Å². The summed E-state index contributed by atoms with van der Waals surface area (Å²) in [4.78, 5) is 12.7. The summed E-state index contributed by atoms with van der Waals surface area (Å²) >= 11 is 0. The molecule has 0 amide bonds. The Balaban J connectivity index is 1.72. The fourth-order valence-electron chi connectivity index (χ4n) is 3.59. The quantitative estimate of drug-likeness (QED) is 0.872. The van der Waals surface area contributed by atoms with E-state index in [9.17, 15) is 4.79 Å². The van der Waals surface area contributed by atoms with E-state index < -0.39 is 0 Å². The lowest BCUT2D eigenvalue weighted by molar-refractivity contribution is 0.0687. The van der Waals surface area contributed by atoms with Crippen LogP contribution in [0.15, 0.2) is 36.4 Å². The van der Waals surface area contributed by atoms with E-state index in [4.69, 9.17) is 4.74 Å². The Morgan fingerprint density at radius 1 is 1.14 bits per heavy atom. The highest BCUT2D eigenvalue weighted by atomic mass is 16.5. The van der Waals surface area contributed by atoms with Gasteiger partial charge in [-0.15, -0.1) is 0 Å². The van der Waals surface area contributed by atoms with Crippen molar-refractivity contribution in [1.82, 2.24) is 5.32 Å². The fourth-order valence-corrected chi connectivity index (χ4v) is 3.59. The van der Waals surface area contributed by atoms with Crippen molar-refractivity contribution in [2.24, 2.45) is 5.92 Å². The van der Waals surface area contributed by atoms with Crippen molar-refractivity contribution in [3.63, 3.8) is 0 Å². The normalized spacial score (nSPS) is 25.4. The molecule has 2 aromatic carbocycles. The SMILES string of the molecule is O=C1C[C@H]([C@@H]2CCCNC2)Oc2ccc3ccccc3c21. The summed E-state index contributed by atoms with van der Waals surface area (Å²) in [5, 5.41) is 5.53. The smallest absolute Gasteiger partial charge is 0.170 e. The fraction of sp³-hybridized carbons (Fsp3) is 0.389. The van der Waals surface area contributed by atoms with Crippen LogP contribution in [0.25, 0.3) is 10.8 Å². The second kappa shape index (κ2) is 5.15. The zero-order chi connectivity index (χ0) is 14.2. The van der Waals surface area contributed by atoms with Gasteiger partial charge in [0.2, 0.25) is 0 Å². The predicted octanol–water partition coefficient (Wildman–Crippen LogP) is 3.17. The second-order valence-electron chi connectivity index (χ2n) is 6.05. The maximum Gasteiger partial charge on any atom is 0.170 e. The van der Waals surface area contributed by atoms with E-state index in [1.165, 1.54) is 6.42 Å². The van der Waals surface area contributed by atoms with Crippen molar-refractivity contribution < 1.29 is 9.53 Å². The standard InChI is InChI=1S/C18H19NO2/c20-15-10-17(13-5-3-9-19-11-13)21-16-8-7-12-4-1-2-6-14(12)18(15)16/h1-2,4,6-8,13,17,19H,3,5,9-11H2/t13-,17-/m1/s1. The molecule has 3 nitrogen and oxygen atoms in total. The van der Waals surface area contributed by atoms with Gasteiger partial charge in [-0.3, -0.25) is 4.79 Å². The number of rotatable bonds is 1. The number of nitrogens with one attached hydrogen (secondary N) is 1. The molecule has 0 bridgehead atoms.